The van der Waals surface area contributed by atoms with Crippen molar-refractivity contribution in [2.45, 2.75) is 38.8 Å². The summed E-state index contributed by atoms with van der Waals surface area (Å²) in [5, 5.41) is 1.34. The Balaban J connectivity index is 1.47. The summed E-state index contributed by atoms with van der Waals surface area (Å²) in [5.41, 5.74) is 2.63. The number of rotatable bonds is 8. The molecule has 5 heteroatoms. The van der Waals surface area contributed by atoms with Crippen LogP contribution in [0, 0.1) is 5.82 Å². The van der Waals surface area contributed by atoms with Gasteiger partial charge < -0.3 is 4.74 Å². The highest BCUT2D eigenvalue weighted by atomic mass is 19.4. The fraction of sp³-hybridized carbons (Fsp3) is 0.241. The van der Waals surface area contributed by atoms with E-state index in [-0.39, 0.29) is 5.82 Å². The lowest BCUT2D eigenvalue weighted by Gasteiger charge is -2.11. The van der Waals surface area contributed by atoms with E-state index in [1.54, 1.807) is 12.1 Å². The lowest BCUT2D eigenvalue weighted by atomic mass is 9.97. The van der Waals surface area contributed by atoms with E-state index in [2.05, 4.69) is 6.92 Å². The van der Waals surface area contributed by atoms with Crippen LogP contribution in [0.3, 0.4) is 0 Å². The topological polar surface area (TPSA) is 9.23 Å². The van der Waals surface area contributed by atoms with Crippen molar-refractivity contribution >= 4 is 10.8 Å². The number of benzene rings is 4. The largest absolute Gasteiger partial charge is 0.494 e. The van der Waals surface area contributed by atoms with Crippen LogP contribution in [0.1, 0.15) is 36.5 Å². The Hall–Kier alpha value is -3.34. The number of ether oxygens (including phenoxy) is 1. The zero-order chi connectivity index (χ0) is 24.1. The molecule has 0 radical (unpaired) electrons. The lowest BCUT2D eigenvalue weighted by molar-refractivity contribution is -0.137. The van der Waals surface area contributed by atoms with Crippen LogP contribution >= 0.6 is 0 Å². The second-order valence-electron chi connectivity index (χ2n) is 8.40. The minimum absolute atomic E-state index is 0.282. The molecule has 0 spiro atoms. The van der Waals surface area contributed by atoms with Crippen molar-refractivity contribution in [1.82, 2.24) is 0 Å². The number of alkyl halides is 3. The van der Waals surface area contributed by atoms with Gasteiger partial charge in [0.05, 0.1) is 12.2 Å². The Labute approximate surface area is 197 Å². The Bertz CT molecular complexity index is 1240. The van der Waals surface area contributed by atoms with Crippen LogP contribution in [0.2, 0.25) is 0 Å². The van der Waals surface area contributed by atoms with Crippen LogP contribution in [0.15, 0.2) is 78.9 Å². The Morgan fingerprint density at radius 1 is 0.765 bits per heavy atom. The molecule has 0 saturated carbocycles. The second-order valence-corrected chi connectivity index (χ2v) is 8.40. The molecule has 0 saturated heterocycles. The van der Waals surface area contributed by atoms with Gasteiger partial charge in [-0.15, -0.1) is 0 Å². The van der Waals surface area contributed by atoms with E-state index in [1.807, 2.05) is 42.5 Å². The highest BCUT2D eigenvalue weighted by Crippen LogP contribution is 2.31. The molecule has 176 valence electrons. The molecule has 34 heavy (non-hydrogen) atoms. The molecule has 0 N–H and O–H groups in total. The summed E-state index contributed by atoms with van der Waals surface area (Å²) in [6.45, 7) is 2.82. The standard InChI is InChI=1S/C29H26F4O/c1-2-3-18-34-26-15-10-21(11-16-26)23-12-17-27-24(19-23)9-8-22(28(27)30)7-4-20-5-13-25(14-6-20)29(31,32)33/h5-6,8-17,19H,2-4,7,18H2,1H3. The number of halogens is 4. The molecule has 0 aliphatic rings. The number of unbranched alkanes of at least 4 members (excludes halogenated alkanes) is 1. The van der Waals surface area contributed by atoms with Gasteiger partial charge >= 0.3 is 6.18 Å². The first kappa shape index (κ1) is 23.8. The third-order valence-corrected chi connectivity index (χ3v) is 5.95. The number of fused-ring (bicyclic) bond motifs is 1. The van der Waals surface area contributed by atoms with Gasteiger partial charge in [0.2, 0.25) is 0 Å². The van der Waals surface area contributed by atoms with Crippen LogP contribution in [0.4, 0.5) is 17.6 Å². The van der Waals surface area contributed by atoms with Crippen molar-refractivity contribution in [3.05, 3.63) is 101 Å². The molecule has 0 unspecified atom stereocenters. The third-order valence-electron chi connectivity index (χ3n) is 5.95. The first-order chi connectivity index (χ1) is 16.3. The maximum atomic E-state index is 15.2. The number of aryl methyl sites for hydroxylation is 2. The van der Waals surface area contributed by atoms with E-state index in [4.69, 9.17) is 4.74 Å². The van der Waals surface area contributed by atoms with E-state index >= 15 is 4.39 Å². The van der Waals surface area contributed by atoms with Gasteiger partial charge in [-0.25, -0.2) is 4.39 Å². The summed E-state index contributed by atoms with van der Waals surface area (Å²) >= 11 is 0. The maximum Gasteiger partial charge on any atom is 0.416 e. The number of hydrogen-bond donors (Lipinski definition) is 0. The third kappa shape index (κ3) is 5.58. The van der Waals surface area contributed by atoms with E-state index in [0.29, 0.717) is 30.4 Å². The van der Waals surface area contributed by atoms with Crippen LogP contribution < -0.4 is 4.74 Å². The predicted octanol–water partition coefficient (Wildman–Crippen LogP) is 8.63. The van der Waals surface area contributed by atoms with Crippen LogP contribution in [0.5, 0.6) is 5.75 Å². The number of hydrogen-bond acceptors (Lipinski definition) is 1. The maximum absolute atomic E-state index is 15.2. The molecule has 0 aliphatic carbocycles. The monoisotopic (exact) mass is 466 g/mol. The van der Waals surface area contributed by atoms with Crippen LogP contribution in [-0.4, -0.2) is 6.61 Å². The van der Waals surface area contributed by atoms with Gasteiger partial charge in [-0.1, -0.05) is 61.9 Å². The second kappa shape index (κ2) is 10.3. The van der Waals surface area contributed by atoms with Crippen molar-refractivity contribution in [3.8, 4) is 16.9 Å². The molecule has 4 rings (SSSR count). The van der Waals surface area contributed by atoms with E-state index in [1.165, 1.54) is 12.1 Å². The fourth-order valence-corrected chi connectivity index (χ4v) is 3.93. The summed E-state index contributed by atoms with van der Waals surface area (Å²) < 4.78 is 59.1. The van der Waals surface area contributed by atoms with E-state index < -0.39 is 11.7 Å². The van der Waals surface area contributed by atoms with E-state index in [9.17, 15) is 13.2 Å². The molecule has 0 bridgehead atoms. The molecule has 4 aromatic rings. The molecule has 0 atom stereocenters. The minimum Gasteiger partial charge on any atom is -0.494 e. The average molecular weight is 467 g/mol. The summed E-state index contributed by atoms with van der Waals surface area (Å²) in [5.74, 6) is 0.553. The van der Waals surface area contributed by atoms with Crippen molar-refractivity contribution in [2.75, 3.05) is 6.61 Å². The molecular formula is C29H26F4O. The van der Waals surface area contributed by atoms with E-state index in [0.717, 1.165) is 52.8 Å². The van der Waals surface area contributed by atoms with Gasteiger partial charge in [0, 0.05) is 5.39 Å². The van der Waals surface area contributed by atoms with Crippen molar-refractivity contribution < 1.29 is 22.3 Å². The summed E-state index contributed by atoms with van der Waals surface area (Å²) in [6, 6.07) is 22.2. The Morgan fingerprint density at radius 2 is 1.47 bits per heavy atom. The van der Waals surface area contributed by atoms with Crippen molar-refractivity contribution in [1.29, 1.82) is 0 Å². The molecule has 4 aromatic carbocycles. The fourth-order valence-electron chi connectivity index (χ4n) is 3.93. The van der Waals surface area contributed by atoms with Gasteiger partial charge in [-0.05, 0) is 77.2 Å². The normalized spacial score (nSPS) is 11.7. The van der Waals surface area contributed by atoms with Crippen LogP contribution in [0.25, 0.3) is 21.9 Å². The molecule has 0 amide bonds. The Kier molecular flexibility index (Phi) is 7.20. The van der Waals surface area contributed by atoms with Crippen LogP contribution in [-0.2, 0) is 19.0 Å². The van der Waals surface area contributed by atoms with Gasteiger partial charge in [-0.3, -0.25) is 0 Å². The van der Waals surface area contributed by atoms with Gasteiger partial charge in [0.1, 0.15) is 11.6 Å². The highest BCUT2D eigenvalue weighted by molar-refractivity contribution is 5.88. The molecule has 0 aliphatic heterocycles. The lowest BCUT2D eigenvalue weighted by Crippen LogP contribution is -2.04. The first-order valence-electron chi connectivity index (χ1n) is 11.5. The molecule has 1 nitrogen and oxygen atoms in total. The highest BCUT2D eigenvalue weighted by Gasteiger charge is 2.29. The minimum atomic E-state index is -4.35. The smallest absolute Gasteiger partial charge is 0.416 e. The predicted molar refractivity (Wildman–Crippen MR) is 129 cm³/mol. The van der Waals surface area contributed by atoms with Gasteiger partial charge in [-0.2, -0.15) is 13.2 Å². The quantitative estimate of drug-likeness (QED) is 0.187. The summed E-state index contributed by atoms with van der Waals surface area (Å²) in [4.78, 5) is 0. The van der Waals surface area contributed by atoms with Crippen molar-refractivity contribution in [3.63, 3.8) is 0 Å². The summed E-state index contributed by atoms with van der Waals surface area (Å²) in [7, 11) is 0. The first-order valence-corrected chi connectivity index (χ1v) is 11.5. The average Bonchev–Trinajstić information content (AvgIpc) is 2.84. The zero-order valence-corrected chi connectivity index (χ0v) is 19.0. The molecule has 0 aromatic heterocycles. The van der Waals surface area contributed by atoms with Gasteiger partial charge in [0.25, 0.3) is 0 Å². The molecule has 0 heterocycles. The molecular weight excluding hydrogens is 440 g/mol. The zero-order valence-electron chi connectivity index (χ0n) is 19.0. The van der Waals surface area contributed by atoms with Crippen molar-refractivity contribution in [2.24, 2.45) is 0 Å². The Morgan fingerprint density at radius 3 is 2.15 bits per heavy atom. The van der Waals surface area contributed by atoms with Gasteiger partial charge in [0.15, 0.2) is 0 Å². The summed E-state index contributed by atoms with van der Waals surface area (Å²) in [6.07, 6.45) is -1.38. The molecule has 0 fully saturated rings. The SMILES string of the molecule is CCCCOc1ccc(-c2ccc3c(F)c(CCc4ccc(C(F)(F)F)cc4)ccc3c2)cc1.